The summed E-state index contributed by atoms with van der Waals surface area (Å²) >= 11 is 3.22. The standard InChI is InChI=1S/C8H8BrN2/c1-11-5-6-3-2-4-7(9)8(6)10/h2-5,11H,1H3/q-1/b6-5-. The Morgan fingerprint density at radius 1 is 1.64 bits per heavy atom. The van der Waals surface area contributed by atoms with Crippen molar-refractivity contribution in [3.63, 3.8) is 0 Å². The Morgan fingerprint density at radius 2 is 2.36 bits per heavy atom. The Balaban J connectivity index is 2.90. The molecule has 1 N–H and O–H groups in total. The van der Waals surface area contributed by atoms with Crippen molar-refractivity contribution in [2.45, 2.75) is 0 Å². The lowest BCUT2D eigenvalue weighted by molar-refractivity contribution is 1.10. The molecule has 1 aliphatic carbocycles. The summed E-state index contributed by atoms with van der Waals surface area (Å²) < 4.78 is 0.710. The molecule has 0 spiro atoms. The third-order valence-corrected chi connectivity index (χ3v) is 1.96. The van der Waals surface area contributed by atoms with Gasteiger partial charge in [0, 0.05) is 17.7 Å². The van der Waals surface area contributed by atoms with Gasteiger partial charge in [-0.1, -0.05) is 28.1 Å². The van der Waals surface area contributed by atoms with Crippen LogP contribution in [0.1, 0.15) is 0 Å². The fraction of sp³-hybridized carbons (Fsp3) is 0.125. The van der Waals surface area contributed by atoms with E-state index in [2.05, 4.69) is 21.2 Å². The highest BCUT2D eigenvalue weighted by molar-refractivity contribution is 9.12. The molecule has 0 saturated heterocycles. The molecular formula is C8H8BrN2-. The molecule has 0 radical (unpaired) electrons. The van der Waals surface area contributed by atoms with Crippen molar-refractivity contribution in [1.29, 1.82) is 0 Å². The van der Waals surface area contributed by atoms with E-state index < -0.39 is 0 Å². The average Bonchev–Trinajstić information content (AvgIpc) is 1.99. The highest BCUT2D eigenvalue weighted by atomic mass is 79.9. The molecule has 1 rings (SSSR count). The van der Waals surface area contributed by atoms with Gasteiger partial charge in [0.15, 0.2) is 0 Å². The zero-order valence-electron chi connectivity index (χ0n) is 6.13. The molecule has 58 valence electrons. The van der Waals surface area contributed by atoms with Crippen molar-refractivity contribution in [3.8, 4) is 0 Å². The van der Waals surface area contributed by atoms with Crippen molar-refractivity contribution in [1.82, 2.24) is 5.32 Å². The van der Waals surface area contributed by atoms with E-state index in [1.54, 1.807) is 19.3 Å². The van der Waals surface area contributed by atoms with E-state index in [4.69, 9.17) is 0 Å². The average molecular weight is 212 g/mol. The minimum Gasteiger partial charge on any atom is -0.802 e. The highest BCUT2D eigenvalue weighted by Gasteiger charge is 1.99. The first-order chi connectivity index (χ1) is 5.25. The van der Waals surface area contributed by atoms with Gasteiger partial charge in [0.25, 0.3) is 0 Å². The van der Waals surface area contributed by atoms with Gasteiger partial charge in [0.2, 0.25) is 0 Å². The first-order valence-corrected chi connectivity index (χ1v) is 4.03. The van der Waals surface area contributed by atoms with Gasteiger partial charge in [-0.15, -0.1) is 5.71 Å². The van der Waals surface area contributed by atoms with Gasteiger partial charge in [-0.2, -0.15) is 0 Å². The highest BCUT2D eigenvalue weighted by Crippen LogP contribution is 2.18. The number of halogens is 1. The quantitative estimate of drug-likeness (QED) is 0.708. The molecule has 11 heavy (non-hydrogen) atoms. The van der Waals surface area contributed by atoms with E-state index in [9.17, 15) is 5.41 Å². The van der Waals surface area contributed by atoms with Gasteiger partial charge in [0.1, 0.15) is 0 Å². The van der Waals surface area contributed by atoms with Crippen LogP contribution in [-0.4, -0.2) is 12.8 Å². The lowest BCUT2D eigenvalue weighted by atomic mass is 10.1. The summed E-state index contributed by atoms with van der Waals surface area (Å²) in [5.41, 5.74) is 1.05. The Bertz CT molecular complexity index is 261. The molecular weight excluding hydrogens is 204 g/mol. The largest absolute Gasteiger partial charge is 0.802 e. The van der Waals surface area contributed by atoms with Crippen molar-refractivity contribution in [2.75, 3.05) is 7.05 Å². The van der Waals surface area contributed by atoms with Crippen LogP contribution in [0.4, 0.5) is 0 Å². The summed E-state index contributed by atoms with van der Waals surface area (Å²) in [5, 5.41) is 12.3. The number of hydrogen-bond donors (Lipinski definition) is 1. The molecule has 0 amide bonds. The maximum atomic E-state index is 9.41. The van der Waals surface area contributed by atoms with Gasteiger partial charge in [-0.3, -0.25) is 0 Å². The van der Waals surface area contributed by atoms with Gasteiger partial charge in [0.05, 0.1) is 0 Å². The lowest BCUT2D eigenvalue weighted by Crippen LogP contribution is -2.05. The lowest BCUT2D eigenvalue weighted by Gasteiger charge is -2.16. The maximum Gasteiger partial charge on any atom is 0.00279 e. The van der Waals surface area contributed by atoms with Crippen LogP contribution < -0.4 is 5.32 Å². The molecule has 0 bridgehead atoms. The molecule has 0 saturated carbocycles. The van der Waals surface area contributed by atoms with Gasteiger partial charge < -0.3 is 10.7 Å². The number of rotatable bonds is 1. The number of nitrogens with one attached hydrogen (secondary N) is 1. The third-order valence-electron chi connectivity index (χ3n) is 1.32. The first kappa shape index (κ1) is 8.27. The van der Waals surface area contributed by atoms with Crippen LogP contribution in [0.5, 0.6) is 0 Å². The molecule has 1 aliphatic rings. The van der Waals surface area contributed by atoms with E-state index in [-0.39, 0.29) is 5.71 Å². The van der Waals surface area contributed by atoms with E-state index in [0.29, 0.717) is 4.48 Å². The fourth-order valence-corrected chi connectivity index (χ4v) is 1.19. The molecule has 2 nitrogen and oxygen atoms in total. The smallest absolute Gasteiger partial charge is 0.00279 e. The maximum absolute atomic E-state index is 9.41. The van der Waals surface area contributed by atoms with Crippen LogP contribution in [0.15, 0.2) is 34.5 Å². The van der Waals surface area contributed by atoms with Gasteiger partial charge in [-0.05, 0) is 11.6 Å². The van der Waals surface area contributed by atoms with Crippen LogP contribution in [0.3, 0.4) is 0 Å². The molecule has 0 heterocycles. The second kappa shape index (κ2) is 3.53. The first-order valence-electron chi connectivity index (χ1n) is 3.23. The van der Waals surface area contributed by atoms with Crippen molar-refractivity contribution in [2.24, 2.45) is 0 Å². The zero-order chi connectivity index (χ0) is 8.27. The molecule has 0 aromatic carbocycles. The summed E-state index contributed by atoms with van der Waals surface area (Å²) in [4.78, 5) is 0. The minimum atomic E-state index is 0.266. The van der Waals surface area contributed by atoms with Crippen LogP contribution >= 0.6 is 15.9 Å². The van der Waals surface area contributed by atoms with Crippen LogP contribution in [0, 0.1) is 0 Å². The van der Waals surface area contributed by atoms with Gasteiger partial charge in [-0.25, -0.2) is 0 Å². The molecule has 3 heteroatoms. The normalized spacial score (nSPS) is 20.4. The molecule has 0 fully saturated rings. The summed E-state index contributed by atoms with van der Waals surface area (Å²) in [5.74, 6) is 0. The summed E-state index contributed by atoms with van der Waals surface area (Å²) in [6.07, 6.45) is 7.23. The number of allylic oxidation sites excluding steroid dienone is 5. The Kier molecular flexibility index (Phi) is 2.65. The minimum absolute atomic E-state index is 0.266. The van der Waals surface area contributed by atoms with Crippen LogP contribution in [0.25, 0.3) is 5.41 Å². The third kappa shape index (κ3) is 1.80. The van der Waals surface area contributed by atoms with Crippen molar-refractivity contribution >= 4 is 21.6 Å². The predicted molar refractivity (Wildman–Crippen MR) is 51.7 cm³/mol. The van der Waals surface area contributed by atoms with Crippen LogP contribution in [0.2, 0.25) is 0 Å². The number of nitrogens with zero attached hydrogens (tertiary/aromatic N) is 1. The van der Waals surface area contributed by atoms with Crippen molar-refractivity contribution in [3.05, 3.63) is 39.9 Å². The van der Waals surface area contributed by atoms with E-state index in [1.807, 2.05) is 12.2 Å². The van der Waals surface area contributed by atoms with E-state index in [0.717, 1.165) is 5.57 Å². The molecule has 0 aliphatic heterocycles. The second-order valence-electron chi connectivity index (χ2n) is 2.11. The Labute approximate surface area is 74.3 Å². The zero-order valence-corrected chi connectivity index (χ0v) is 7.72. The van der Waals surface area contributed by atoms with Gasteiger partial charge >= 0.3 is 0 Å². The summed E-state index contributed by atoms with van der Waals surface area (Å²) in [7, 11) is 1.79. The molecule has 0 unspecified atom stereocenters. The summed E-state index contributed by atoms with van der Waals surface area (Å²) in [6, 6.07) is 0. The predicted octanol–water partition coefficient (Wildman–Crippen LogP) is 1.95. The van der Waals surface area contributed by atoms with Crippen molar-refractivity contribution < 1.29 is 0 Å². The Hall–Kier alpha value is -0.830. The fourth-order valence-electron chi connectivity index (χ4n) is 0.804. The van der Waals surface area contributed by atoms with E-state index in [1.165, 1.54) is 0 Å². The van der Waals surface area contributed by atoms with E-state index >= 15 is 0 Å². The topological polar surface area (TPSA) is 34.3 Å². The number of hydrogen-bond acceptors (Lipinski definition) is 1. The molecule has 0 atom stereocenters. The SMILES string of the molecule is CN/C=C1/C=CC=C(Br)C1=[N-]. The summed E-state index contributed by atoms with van der Waals surface area (Å²) in [6.45, 7) is 0. The second-order valence-corrected chi connectivity index (χ2v) is 2.97. The van der Waals surface area contributed by atoms with Crippen LogP contribution in [-0.2, 0) is 0 Å². The Morgan fingerprint density at radius 3 is 3.00 bits per heavy atom. The monoisotopic (exact) mass is 211 g/mol. The molecule has 0 aromatic rings. The molecule has 0 aromatic heterocycles.